The second-order valence-electron chi connectivity index (χ2n) is 6.03. The summed E-state index contributed by atoms with van der Waals surface area (Å²) in [6.45, 7) is 4.47. The number of benzene rings is 3. The van der Waals surface area contributed by atoms with E-state index < -0.39 is 0 Å². The van der Waals surface area contributed by atoms with E-state index in [1.807, 2.05) is 0 Å². The largest absolute Gasteiger partial charge is 0.0622 e. The van der Waals surface area contributed by atoms with Gasteiger partial charge in [-0.3, -0.25) is 0 Å². The maximum Gasteiger partial charge on any atom is -0.00205 e. The van der Waals surface area contributed by atoms with Crippen molar-refractivity contribution >= 4 is 0 Å². The lowest BCUT2D eigenvalue weighted by atomic mass is 9.92. The second kappa shape index (κ2) is 6.62. The fraction of sp³-hybridized carbons (Fsp3) is 0.182. The Morgan fingerprint density at radius 3 is 1.50 bits per heavy atom. The summed E-state index contributed by atoms with van der Waals surface area (Å²) in [7, 11) is 0. The van der Waals surface area contributed by atoms with E-state index in [4.69, 9.17) is 0 Å². The molecule has 0 atom stereocenters. The molecule has 3 aromatic carbocycles. The van der Waals surface area contributed by atoms with E-state index in [0.717, 1.165) is 12.8 Å². The van der Waals surface area contributed by atoms with Crippen molar-refractivity contribution in [1.29, 1.82) is 0 Å². The summed E-state index contributed by atoms with van der Waals surface area (Å²) in [4.78, 5) is 0. The van der Waals surface area contributed by atoms with Gasteiger partial charge >= 0.3 is 0 Å². The number of hydrogen-bond donors (Lipinski definition) is 0. The van der Waals surface area contributed by atoms with Gasteiger partial charge in [-0.1, -0.05) is 72.8 Å². The Balaban J connectivity index is 1.85. The predicted molar refractivity (Wildman–Crippen MR) is 94.4 cm³/mol. The molecule has 0 aliphatic carbocycles. The van der Waals surface area contributed by atoms with Crippen molar-refractivity contribution in [3.63, 3.8) is 0 Å². The molecule has 0 aromatic heterocycles. The zero-order chi connectivity index (χ0) is 15.4. The van der Waals surface area contributed by atoms with Crippen LogP contribution < -0.4 is 0 Å². The van der Waals surface area contributed by atoms with Gasteiger partial charge in [0.15, 0.2) is 0 Å². The van der Waals surface area contributed by atoms with Crippen molar-refractivity contribution in [2.45, 2.75) is 26.7 Å². The first-order valence-corrected chi connectivity index (χ1v) is 7.89. The molecule has 0 fully saturated rings. The van der Waals surface area contributed by atoms with Crippen LogP contribution in [0.3, 0.4) is 0 Å². The highest BCUT2D eigenvalue weighted by Gasteiger charge is 2.07. The minimum atomic E-state index is 1.01. The Morgan fingerprint density at radius 2 is 1.00 bits per heavy atom. The minimum Gasteiger partial charge on any atom is -0.0622 e. The van der Waals surface area contributed by atoms with Gasteiger partial charge in [-0.25, -0.2) is 0 Å². The molecule has 0 heteroatoms. The maximum atomic E-state index is 2.35. The van der Waals surface area contributed by atoms with E-state index in [-0.39, 0.29) is 0 Å². The lowest BCUT2D eigenvalue weighted by Crippen LogP contribution is -1.99. The summed E-state index contributed by atoms with van der Waals surface area (Å²) in [5.74, 6) is 0. The molecule has 0 saturated heterocycles. The van der Waals surface area contributed by atoms with Gasteiger partial charge in [0.05, 0.1) is 0 Å². The average molecular weight is 286 g/mol. The van der Waals surface area contributed by atoms with E-state index >= 15 is 0 Å². The molecule has 0 amide bonds. The molecular formula is C22H22. The standard InChI is InChI=1S/C22H22/c1-17-13-21(15-19-9-5-3-6-10-19)14-18(2)22(17)16-20-11-7-4-8-12-20/h3-14H,15-16H2,1-2H3. The molecule has 0 spiro atoms. The Labute approximate surface area is 133 Å². The Bertz CT molecular complexity index is 717. The van der Waals surface area contributed by atoms with E-state index in [1.54, 1.807) is 0 Å². The predicted octanol–water partition coefficient (Wildman–Crippen LogP) is 5.49. The number of rotatable bonds is 4. The maximum absolute atomic E-state index is 2.35. The normalized spacial score (nSPS) is 10.6. The van der Waals surface area contributed by atoms with Crippen LogP contribution >= 0.6 is 0 Å². The Kier molecular flexibility index (Phi) is 4.39. The van der Waals surface area contributed by atoms with E-state index in [0.29, 0.717) is 0 Å². The Hall–Kier alpha value is -2.34. The highest BCUT2D eigenvalue weighted by Crippen LogP contribution is 2.22. The van der Waals surface area contributed by atoms with Crippen LogP contribution in [0.25, 0.3) is 0 Å². The fourth-order valence-electron chi connectivity index (χ4n) is 3.10. The SMILES string of the molecule is Cc1cc(Cc2ccccc2)cc(C)c1Cc1ccccc1. The molecule has 0 unspecified atom stereocenters. The summed E-state index contributed by atoms with van der Waals surface area (Å²) < 4.78 is 0. The zero-order valence-corrected chi connectivity index (χ0v) is 13.3. The van der Waals surface area contributed by atoms with Crippen molar-refractivity contribution in [2.24, 2.45) is 0 Å². The van der Waals surface area contributed by atoms with Gasteiger partial charge < -0.3 is 0 Å². The van der Waals surface area contributed by atoms with Gasteiger partial charge in [0, 0.05) is 0 Å². The molecule has 22 heavy (non-hydrogen) atoms. The van der Waals surface area contributed by atoms with E-state index in [1.165, 1.54) is 33.4 Å². The van der Waals surface area contributed by atoms with Crippen LogP contribution in [0.5, 0.6) is 0 Å². The van der Waals surface area contributed by atoms with Crippen LogP contribution in [0.2, 0.25) is 0 Å². The van der Waals surface area contributed by atoms with Gasteiger partial charge in [0.25, 0.3) is 0 Å². The van der Waals surface area contributed by atoms with Gasteiger partial charge in [-0.2, -0.15) is 0 Å². The first-order valence-electron chi connectivity index (χ1n) is 7.89. The Morgan fingerprint density at radius 1 is 0.545 bits per heavy atom. The molecule has 0 saturated carbocycles. The molecule has 0 bridgehead atoms. The zero-order valence-electron chi connectivity index (χ0n) is 13.3. The third-order valence-corrected chi connectivity index (χ3v) is 4.23. The fourth-order valence-corrected chi connectivity index (χ4v) is 3.10. The van der Waals surface area contributed by atoms with Crippen LogP contribution in [0.4, 0.5) is 0 Å². The van der Waals surface area contributed by atoms with Crippen LogP contribution in [0, 0.1) is 13.8 Å². The summed E-state index contributed by atoms with van der Waals surface area (Å²) in [5, 5.41) is 0. The van der Waals surface area contributed by atoms with Crippen molar-refractivity contribution in [2.75, 3.05) is 0 Å². The lowest BCUT2D eigenvalue weighted by Gasteiger charge is -2.13. The topological polar surface area (TPSA) is 0 Å². The van der Waals surface area contributed by atoms with Crippen molar-refractivity contribution < 1.29 is 0 Å². The smallest absolute Gasteiger partial charge is 0.00205 e. The van der Waals surface area contributed by atoms with Crippen LogP contribution in [0.15, 0.2) is 72.8 Å². The van der Waals surface area contributed by atoms with Gasteiger partial charge in [-0.15, -0.1) is 0 Å². The third kappa shape index (κ3) is 3.46. The molecule has 110 valence electrons. The third-order valence-electron chi connectivity index (χ3n) is 4.23. The first kappa shape index (κ1) is 14.6. The van der Waals surface area contributed by atoms with Gasteiger partial charge in [0.2, 0.25) is 0 Å². The van der Waals surface area contributed by atoms with Crippen LogP contribution in [-0.4, -0.2) is 0 Å². The summed E-state index contributed by atoms with van der Waals surface area (Å²) in [6, 6.07) is 26.1. The molecule has 0 nitrogen and oxygen atoms in total. The van der Waals surface area contributed by atoms with Crippen LogP contribution in [-0.2, 0) is 12.8 Å². The molecule has 0 N–H and O–H groups in total. The molecule has 3 aromatic rings. The van der Waals surface area contributed by atoms with E-state index in [9.17, 15) is 0 Å². The molecule has 3 rings (SSSR count). The highest BCUT2D eigenvalue weighted by atomic mass is 14.1. The first-order chi connectivity index (χ1) is 10.7. The van der Waals surface area contributed by atoms with Gasteiger partial charge in [-0.05, 0) is 60.1 Å². The summed E-state index contributed by atoms with van der Waals surface area (Å²) in [5.41, 5.74) is 8.41. The molecule has 0 aliphatic heterocycles. The average Bonchev–Trinajstić information content (AvgIpc) is 2.53. The molecular weight excluding hydrogens is 264 g/mol. The van der Waals surface area contributed by atoms with Gasteiger partial charge in [0.1, 0.15) is 0 Å². The van der Waals surface area contributed by atoms with E-state index in [2.05, 4.69) is 86.6 Å². The highest BCUT2D eigenvalue weighted by molar-refractivity contribution is 5.42. The molecule has 0 heterocycles. The second-order valence-corrected chi connectivity index (χ2v) is 6.03. The quantitative estimate of drug-likeness (QED) is 0.595. The lowest BCUT2D eigenvalue weighted by molar-refractivity contribution is 1.09. The monoisotopic (exact) mass is 286 g/mol. The number of aryl methyl sites for hydroxylation is 2. The van der Waals surface area contributed by atoms with Crippen LogP contribution in [0.1, 0.15) is 33.4 Å². The minimum absolute atomic E-state index is 1.01. The van der Waals surface area contributed by atoms with Crippen molar-refractivity contribution in [1.82, 2.24) is 0 Å². The summed E-state index contributed by atoms with van der Waals surface area (Å²) in [6.07, 6.45) is 2.03. The summed E-state index contributed by atoms with van der Waals surface area (Å²) >= 11 is 0. The van der Waals surface area contributed by atoms with Crippen molar-refractivity contribution in [3.05, 3.63) is 106 Å². The molecule has 0 radical (unpaired) electrons. The molecule has 0 aliphatic rings. The van der Waals surface area contributed by atoms with Crippen molar-refractivity contribution in [3.8, 4) is 0 Å². The number of hydrogen-bond acceptors (Lipinski definition) is 0.